The Kier molecular flexibility index (Phi) is 7.59. The Hall–Kier alpha value is -1.24. The zero-order valence-corrected chi connectivity index (χ0v) is 17.3. The first kappa shape index (κ1) is 20.1. The monoisotopic (exact) mass is 458 g/mol. The van der Waals surface area contributed by atoms with E-state index in [1.165, 1.54) is 0 Å². The van der Waals surface area contributed by atoms with E-state index in [0.29, 0.717) is 18.8 Å². The van der Waals surface area contributed by atoms with E-state index >= 15 is 0 Å². The van der Waals surface area contributed by atoms with Crippen molar-refractivity contribution in [3.05, 3.63) is 27.8 Å². The quantitative estimate of drug-likeness (QED) is 0.284. The maximum absolute atomic E-state index is 12.0. The summed E-state index contributed by atoms with van der Waals surface area (Å²) in [6, 6.07) is 3.91. The molecular weight excluding hydrogens is 431 g/mol. The molecule has 5 heteroatoms. The first-order chi connectivity index (χ1) is 12.0. The molecule has 0 radical (unpaired) electrons. The van der Waals surface area contributed by atoms with Crippen molar-refractivity contribution in [3.63, 3.8) is 0 Å². The normalized spacial score (nSPS) is 15.6. The highest BCUT2D eigenvalue weighted by Gasteiger charge is 2.32. The minimum atomic E-state index is -0.232. The van der Waals surface area contributed by atoms with Crippen LogP contribution in [0.1, 0.15) is 57.4 Å². The number of carbonyl (C=O) groups excluding carboxylic acids is 1. The van der Waals surface area contributed by atoms with Gasteiger partial charge in [0.15, 0.2) is 11.5 Å². The second kappa shape index (κ2) is 9.46. The van der Waals surface area contributed by atoms with Crippen LogP contribution in [0.4, 0.5) is 0 Å². The molecule has 0 atom stereocenters. The second-order valence-corrected chi connectivity index (χ2v) is 7.84. The number of methoxy groups -OCH3 is 1. The number of esters is 1. The summed E-state index contributed by atoms with van der Waals surface area (Å²) in [4.78, 5) is 12.0. The van der Waals surface area contributed by atoms with Gasteiger partial charge in [0.05, 0.1) is 17.3 Å². The maximum atomic E-state index is 12.0. The average Bonchev–Trinajstić information content (AvgIpc) is 3.01. The van der Waals surface area contributed by atoms with Crippen LogP contribution in [0.25, 0.3) is 6.08 Å². The second-order valence-electron chi connectivity index (χ2n) is 6.67. The summed E-state index contributed by atoms with van der Waals surface area (Å²) in [7, 11) is 1.63. The van der Waals surface area contributed by atoms with Crippen LogP contribution in [-0.2, 0) is 9.53 Å². The molecule has 4 nitrogen and oxygen atoms in total. The molecule has 0 heterocycles. The molecule has 2 rings (SSSR count). The standard InChI is InChI=1S/C20H27IO4/c1-4-15-13-16(21)19(17(14-15)23-3)24-12-8-5-9-18(22)25-20(2)10-6-7-11-20/h4,13-14H,1,5-12H2,2-3H3. The fourth-order valence-corrected chi connectivity index (χ4v) is 3.88. The van der Waals surface area contributed by atoms with Crippen LogP contribution in [0.3, 0.4) is 0 Å². The van der Waals surface area contributed by atoms with E-state index in [4.69, 9.17) is 14.2 Å². The highest BCUT2D eigenvalue weighted by Crippen LogP contribution is 2.35. The molecule has 0 spiro atoms. The number of halogens is 1. The summed E-state index contributed by atoms with van der Waals surface area (Å²) in [5, 5.41) is 0. The Morgan fingerprint density at radius 2 is 2.04 bits per heavy atom. The Balaban J connectivity index is 1.74. The maximum Gasteiger partial charge on any atom is 0.306 e. The highest BCUT2D eigenvalue weighted by atomic mass is 127. The van der Waals surface area contributed by atoms with E-state index in [9.17, 15) is 4.79 Å². The van der Waals surface area contributed by atoms with Gasteiger partial charge in [0.2, 0.25) is 0 Å². The van der Waals surface area contributed by atoms with Gasteiger partial charge >= 0.3 is 5.97 Å². The summed E-state index contributed by atoms with van der Waals surface area (Å²) >= 11 is 2.23. The number of ether oxygens (including phenoxy) is 3. The number of hydrogen-bond acceptors (Lipinski definition) is 4. The third kappa shape index (κ3) is 5.90. The van der Waals surface area contributed by atoms with Crippen LogP contribution in [0.5, 0.6) is 11.5 Å². The van der Waals surface area contributed by atoms with Gasteiger partial charge in [-0.3, -0.25) is 4.79 Å². The molecule has 138 valence electrons. The van der Waals surface area contributed by atoms with Crippen molar-refractivity contribution in [2.24, 2.45) is 0 Å². The van der Waals surface area contributed by atoms with Gasteiger partial charge in [-0.25, -0.2) is 0 Å². The Morgan fingerprint density at radius 1 is 1.32 bits per heavy atom. The molecule has 25 heavy (non-hydrogen) atoms. The summed E-state index contributed by atoms with van der Waals surface area (Å²) in [5.74, 6) is 1.36. The van der Waals surface area contributed by atoms with Crippen molar-refractivity contribution in [1.82, 2.24) is 0 Å². The van der Waals surface area contributed by atoms with Crippen LogP contribution in [0, 0.1) is 3.57 Å². The van der Waals surface area contributed by atoms with E-state index in [0.717, 1.165) is 53.4 Å². The topological polar surface area (TPSA) is 44.8 Å². The van der Waals surface area contributed by atoms with Crippen LogP contribution in [0.2, 0.25) is 0 Å². The number of carbonyl (C=O) groups is 1. The summed E-state index contributed by atoms with van der Waals surface area (Å²) in [6.07, 6.45) is 8.08. The SMILES string of the molecule is C=Cc1cc(I)c(OCCCCC(=O)OC2(C)CCCC2)c(OC)c1. The van der Waals surface area contributed by atoms with Gasteiger partial charge in [-0.05, 0) is 85.7 Å². The largest absolute Gasteiger partial charge is 0.493 e. The lowest BCUT2D eigenvalue weighted by atomic mass is 10.1. The fourth-order valence-electron chi connectivity index (χ4n) is 3.09. The van der Waals surface area contributed by atoms with E-state index in [1.807, 2.05) is 19.1 Å². The first-order valence-electron chi connectivity index (χ1n) is 8.82. The molecule has 1 saturated carbocycles. The highest BCUT2D eigenvalue weighted by molar-refractivity contribution is 14.1. The fraction of sp³-hybridized carbons (Fsp3) is 0.550. The van der Waals surface area contributed by atoms with Crippen molar-refractivity contribution in [2.45, 2.75) is 57.5 Å². The van der Waals surface area contributed by atoms with E-state index in [2.05, 4.69) is 29.2 Å². The summed E-state index contributed by atoms with van der Waals surface area (Å²) in [5.41, 5.74) is 0.765. The van der Waals surface area contributed by atoms with Crippen LogP contribution < -0.4 is 9.47 Å². The lowest BCUT2D eigenvalue weighted by Gasteiger charge is -2.24. The minimum absolute atomic E-state index is 0.0908. The lowest BCUT2D eigenvalue weighted by Crippen LogP contribution is -2.27. The van der Waals surface area contributed by atoms with Crippen LogP contribution in [-0.4, -0.2) is 25.3 Å². The average molecular weight is 458 g/mol. The van der Waals surface area contributed by atoms with E-state index < -0.39 is 0 Å². The molecular formula is C20H27IO4. The van der Waals surface area contributed by atoms with Crippen LogP contribution in [0.15, 0.2) is 18.7 Å². The zero-order valence-electron chi connectivity index (χ0n) is 15.1. The molecule has 0 saturated heterocycles. The van der Waals surface area contributed by atoms with Crippen molar-refractivity contribution in [3.8, 4) is 11.5 Å². The zero-order chi connectivity index (χ0) is 18.3. The van der Waals surface area contributed by atoms with Crippen molar-refractivity contribution < 1.29 is 19.0 Å². The molecule has 1 aliphatic carbocycles. The van der Waals surface area contributed by atoms with Crippen molar-refractivity contribution in [1.29, 1.82) is 0 Å². The number of unbranched alkanes of at least 4 members (excludes halogenated alkanes) is 1. The molecule has 1 aliphatic rings. The van der Waals surface area contributed by atoms with Gasteiger partial charge in [-0.15, -0.1) is 0 Å². The predicted octanol–water partition coefficient (Wildman–Crippen LogP) is 5.37. The Morgan fingerprint density at radius 3 is 2.68 bits per heavy atom. The van der Waals surface area contributed by atoms with Gasteiger partial charge < -0.3 is 14.2 Å². The van der Waals surface area contributed by atoms with E-state index in [1.54, 1.807) is 13.2 Å². The lowest BCUT2D eigenvalue weighted by molar-refractivity contribution is -0.157. The molecule has 1 aromatic carbocycles. The number of benzene rings is 1. The third-order valence-corrected chi connectivity index (χ3v) is 5.33. The van der Waals surface area contributed by atoms with Crippen molar-refractivity contribution in [2.75, 3.05) is 13.7 Å². The van der Waals surface area contributed by atoms with Gasteiger partial charge in [0, 0.05) is 6.42 Å². The molecule has 0 N–H and O–H groups in total. The molecule has 0 bridgehead atoms. The predicted molar refractivity (Wildman–Crippen MR) is 108 cm³/mol. The Bertz CT molecular complexity index is 606. The van der Waals surface area contributed by atoms with Gasteiger partial charge in [-0.1, -0.05) is 12.7 Å². The first-order valence-corrected chi connectivity index (χ1v) is 9.90. The number of rotatable bonds is 9. The summed E-state index contributed by atoms with van der Waals surface area (Å²) in [6.45, 7) is 6.37. The molecule has 1 fully saturated rings. The molecule has 1 aromatic rings. The number of hydrogen-bond donors (Lipinski definition) is 0. The smallest absolute Gasteiger partial charge is 0.306 e. The van der Waals surface area contributed by atoms with E-state index in [-0.39, 0.29) is 11.6 Å². The molecule has 0 amide bonds. The minimum Gasteiger partial charge on any atom is -0.493 e. The van der Waals surface area contributed by atoms with Gasteiger partial charge in [-0.2, -0.15) is 0 Å². The Labute approximate surface area is 164 Å². The molecule has 0 unspecified atom stereocenters. The third-order valence-electron chi connectivity index (χ3n) is 4.53. The van der Waals surface area contributed by atoms with Crippen molar-refractivity contribution >= 4 is 34.6 Å². The summed E-state index contributed by atoms with van der Waals surface area (Å²) < 4.78 is 17.9. The molecule has 0 aliphatic heterocycles. The molecule has 0 aromatic heterocycles. The van der Waals surface area contributed by atoms with Gasteiger partial charge in [0.1, 0.15) is 5.60 Å². The van der Waals surface area contributed by atoms with Gasteiger partial charge in [0.25, 0.3) is 0 Å². The van der Waals surface area contributed by atoms with Crippen LogP contribution >= 0.6 is 22.6 Å².